The van der Waals surface area contributed by atoms with E-state index in [1.807, 2.05) is 13.8 Å². The van der Waals surface area contributed by atoms with Crippen molar-refractivity contribution in [1.82, 2.24) is 5.32 Å². The van der Waals surface area contributed by atoms with Crippen molar-refractivity contribution in [3.05, 3.63) is 35.6 Å². The van der Waals surface area contributed by atoms with Gasteiger partial charge in [-0.2, -0.15) is 0 Å². The molecule has 0 heterocycles. The van der Waals surface area contributed by atoms with Crippen LogP contribution in [0.1, 0.15) is 31.9 Å². The largest absolute Gasteiger partial charge is 0.395 e. The summed E-state index contributed by atoms with van der Waals surface area (Å²) in [4.78, 5) is 0. The van der Waals surface area contributed by atoms with Gasteiger partial charge in [-0.05, 0) is 31.0 Å². The maximum absolute atomic E-state index is 12.7. The minimum absolute atomic E-state index is 0.102. The summed E-state index contributed by atoms with van der Waals surface area (Å²) in [6.07, 6.45) is 0.877. The second-order valence-electron chi connectivity index (χ2n) is 3.73. The molecule has 1 rings (SSSR count). The maximum atomic E-state index is 12.7. The van der Waals surface area contributed by atoms with Gasteiger partial charge in [0.15, 0.2) is 0 Å². The lowest BCUT2D eigenvalue weighted by Crippen LogP contribution is -2.33. The molecule has 0 radical (unpaired) electrons. The third-order valence-electron chi connectivity index (χ3n) is 2.57. The normalized spacial score (nSPS) is 14.9. The molecule has 15 heavy (non-hydrogen) atoms. The Labute approximate surface area is 90.1 Å². The van der Waals surface area contributed by atoms with Crippen LogP contribution in [-0.2, 0) is 0 Å². The van der Waals surface area contributed by atoms with Crippen LogP contribution in [0.3, 0.4) is 0 Å². The highest BCUT2D eigenvalue weighted by Gasteiger charge is 2.10. The molecule has 84 valence electrons. The summed E-state index contributed by atoms with van der Waals surface area (Å²) < 4.78 is 12.7. The number of halogens is 1. The molecule has 0 spiro atoms. The summed E-state index contributed by atoms with van der Waals surface area (Å²) in [7, 11) is 0. The lowest BCUT2D eigenvalue weighted by Gasteiger charge is -2.20. The lowest BCUT2D eigenvalue weighted by atomic mass is 10.1. The Hall–Kier alpha value is -0.930. The van der Waals surface area contributed by atoms with Crippen molar-refractivity contribution in [2.24, 2.45) is 0 Å². The number of nitrogens with one attached hydrogen (secondary N) is 1. The zero-order valence-corrected chi connectivity index (χ0v) is 9.20. The van der Waals surface area contributed by atoms with Crippen LogP contribution in [0.15, 0.2) is 24.3 Å². The Morgan fingerprint density at radius 1 is 1.33 bits per heavy atom. The maximum Gasteiger partial charge on any atom is 0.123 e. The fraction of sp³-hybridized carbons (Fsp3) is 0.500. The third-order valence-corrected chi connectivity index (χ3v) is 2.57. The Kier molecular flexibility index (Phi) is 4.72. The Morgan fingerprint density at radius 2 is 1.93 bits per heavy atom. The zero-order chi connectivity index (χ0) is 11.3. The lowest BCUT2D eigenvalue weighted by molar-refractivity contribution is 0.230. The Balaban J connectivity index is 2.60. The first-order chi connectivity index (χ1) is 7.17. The molecule has 0 bridgehead atoms. The van der Waals surface area contributed by atoms with Gasteiger partial charge in [-0.3, -0.25) is 0 Å². The van der Waals surface area contributed by atoms with E-state index in [0.29, 0.717) is 0 Å². The van der Waals surface area contributed by atoms with E-state index in [2.05, 4.69) is 5.32 Å². The molecule has 0 fully saturated rings. The average molecular weight is 211 g/mol. The molecular formula is C12H18FNO. The van der Waals surface area contributed by atoms with E-state index >= 15 is 0 Å². The fourth-order valence-corrected chi connectivity index (χ4v) is 1.50. The molecule has 0 unspecified atom stereocenters. The topological polar surface area (TPSA) is 32.3 Å². The van der Waals surface area contributed by atoms with Crippen molar-refractivity contribution < 1.29 is 9.50 Å². The molecule has 0 saturated heterocycles. The van der Waals surface area contributed by atoms with E-state index in [1.165, 1.54) is 12.1 Å². The average Bonchev–Trinajstić information content (AvgIpc) is 2.26. The quantitative estimate of drug-likeness (QED) is 0.783. The second kappa shape index (κ2) is 5.83. The Morgan fingerprint density at radius 3 is 2.40 bits per heavy atom. The van der Waals surface area contributed by atoms with Crippen molar-refractivity contribution in [2.45, 2.75) is 32.4 Å². The fourth-order valence-electron chi connectivity index (χ4n) is 1.50. The van der Waals surface area contributed by atoms with Crippen LogP contribution in [0.5, 0.6) is 0 Å². The molecule has 1 aromatic rings. The summed E-state index contributed by atoms with van der Waals surface area (Å²) in [5.41, 5.74) is 1.03. The van der Waals surface area contributed by atoms with Crippen LogP contribution in [-0.4, -0.2) is 17.8 Å². The highest BCUT2D eigenvalue weighted by molar-refractivity contribution is 5.19. The molecule has 0 aliphatic rings. The van der Waals surface area contributed by atoms with Gasteiger partial charge in [0.1, 0.15) is 5.82 Å². The predicted molar refractivity (Wildman–Crippen MR) is 59.1 cm³/mol. The monoisotopic (exact) mass is 211 g/mol. The van der Waals surface area contributed by atoms with E-state index in [0.717, 1.165) is 12.0 Å². The first kappa shape index (κ1) is 12.1. The molecule has 0 aromatic heterocycles. The number of benzene rings is 1. The molecule has 0 amide bonds. The van der Waals surface area contributed by atoms with Crippen molar-refractivity contribution in [1.29, 1.82) is 0 Å². The molecule has 2 nitrogen and oxygen atoms in total. The van der Waals surface area contributed by atoms with E-state index in [9.17, 15) is 4.39 Å². The molecule has 0 aliphatic heterocycles. The van der Waals surface area contributed by atoms with E-state index in [-0.39, 0.29) is 24.5 Å². The number of aliphatic hydroxyl groups is 1. The van der Waals surface area contributed by atoms with Gasteiger partial charge in [0, 0.05) is 12.1 Å². The van der Waals surface area contributed by atoms with Crippen LogP contribution >= 0.6 is 0 Å². The highest BCUT2D eigenvalue weighted by Crippen LogP contribution is 2.13. The van der Waals surface area contributed by atoms with Gasteiger partial charge >= 0.3 is 0 Å². The Bertz CT molecular complexity index is 282. The van der Waals surface area contributed by atoms with Crippen LogP contribution < -0.4 is 5.32 Å². The predicted octanol–water partition coefficient (Wildman–Crippen LogP) is 2.25. The van der Waals surface area contributed by atoms with Gasteiger partial charge in [0.05, 0.1) is 6.61 Å². The molecule has 2 atom stereocenters. The van der Waals surface area contributed by atoms with Crippen LogP contribution in [0.4, 0.5) is 4.39 Å². The highest BCUT2D eigenvalue weighted by atomic mass is 19.1. The minimum atomic E-state index is -0.222. The van der Waals surface area contributed by atoms with Crippen molar-refractivity contribution >= 4 is 0 Å². The first-order valence-electron chi connectivity index (χ1n) is 5.29. The van der Waals surface area contributed by atoms with Gasteiger partial charge in [0.2, 0.25) is 0 Å². The second-order valence-corrected chi connectivity index (χ2v) is 3.73. The summed E-state index contributed by atoms with van der Waals surface area (Å²) in [5.74, 6) is -0.222. The molecular weight excluding hydrogens is 193 g/mol. The molecule has 0 aliphatic carbocycles. The van der Waals surface area contributed by atoms with Crippen LogP contribution in [0.2, 0.25) is 0 Å². The smallest absolute Gasteiger partial charge is 0.123 e. The standard InChI is InChI=1S/C12H18FNO/c1-3-12(8-15)14-9(2)10-4-6-11(13)7-5-10/h4-7,9,12,14-15H,3,8H2,1-2H3/t9-,12+/m1/s1. The van der Waals surface area contributed by atoms with Gasteiger partial charge in [-0.15, -0.1) is 0 Å². The van der Waals surface area contributed by atoms with Crippen LogP contribution in [0, 0.1) is 5.82 Å². The number of rotatable bonds is 5. The van der Waals surface area contributed by atoms with Crippen molar-refractivity contribution in [3.8, 4) is 0 Å². The number of hydrogen-bond acceptors (Lipinski definition) is 2. The van der Waals surface area contributed by atoms with E-state index in [1.54, 1.807) is 12.1 Å². The minimum Gasteiger partial charge on any atom is -0.395 e. The molecule has 0 saturated carbocycles. The van der Waals surface area contributed by atoms with E-state index < -0.39 is 0 Å². The van der Waals surface area contributed by atoms with Gasteiger partial charge in [0.25, 0.3) is 0 Å². The summed E-state index contributed by atoms with van der Waals surface area (Å²) in [5, 5.41) is 12.3. The molecule has 1 aromatic carbocycles. The number of aliphatic hydroxyl groups excluding tert-OH is 1. The third kappa shape index (κ3) is 3.61. The van der Waals surface area contributed by atoms with Gasteiger partial charge in [-0.25, -0.2) is 4.39 Å². The summed E-state index contributed by atoms with van der Waals surface area (Å²) in [6, 6.07) is 6.66. The SMILES string of the molecule is CC[C@@H](CO)N[C@H](C)c1ccc(F)cc1. The first-order valence-corrected chi connectivity index (χ1v) is 5.29. The summed E-state index contributed by atoms with van der Waals surface area (Å²) >= 11 is 0. The molecule has 2 N–H and O–H groups in total. The van der Waals surface area contributed by atoms with Crippen LogP contribution in [0.25, 0.3) is 0 Å². The molecule has 3 heteroatoms. The van der Waals surface area contributed by atoms with Gasteiger partial charge in [-0.1, -0.05) is 19.1 Å². The van der Waals surface area contributed by atoms with E-state index in [4.69, 9.17) is 5.11 Å². The zero-order valence-electron chi connectivity index (χ0n) is 9.20. The van der Waals surface area contributed by atoms with Crippen molar-refractivity contribution in [3.63, 3.8) is 0 Å². The van der Waals surface area contributed by atoms with Crippen molar-refractivity contribution in [2.75, 3.05) is 6.61 Å². The summed E-state index contributed by atoms with van der Waals surface area (Å²) in [6.45, 7) is 4.15. The van der Waals surface area contributed by atoms with Gasteiger partial charge < -0.3 is 10.4 Å². The number of hydrogen-bond donors (Lipinski definition) is 2.